The predicted octanol–water partition coefficient (Wildman–Crippen LogP) is 0.741. The number of carbonyl (C=O) groups is 3. The highest BCUT2D eigenvalue weighted by atomic mass is 16.5. The van der Waals surface area contributed by atoms with Gasteiger partial charge in [-0.3, -0.25) is 14.5 Å². The molecule has 1 aromatic carbocycles. The van der Waals surface area contributed by atoms with Crippen molar-refractivity contribution >= 4 is 28.7 Å². The van der Waals surface area contributed by atoms with Crippen LogP contribution >= 0.6 is 0 Å². The molecule has 2 heterocycles. The summed E-state index contributed by atoms with van der Waals surface area (Å²) in [4.78, 5) is 42.6. The first-order chi connectivity index (χ1) is 16.5. The molecule has 10 nitrogen and oxygen atoms in total. The summed E-state index contributed by atoms with van der Waals surface area (Å²) in [5.41, 5.74) is 7.63. The lowest BCUT2D eigenvalue weighted by molar-refractivity contribution is -0.149. The Morgan fingerprint density at radius 3 is 2.71 bits per heavy atom. The standard InChI is InChI=1S/C24H34N4O6/c1-2-33-23(30)19(25)7-8-22(29)27-21(15-17-16-26-20-6-4-3-5-18(17)20)24(31)34-14-11-28-9-12-32-13-10-28/h3-6,16,19,21,26H,2,7-15,25H2,1H3,(H,27,29)/t19-,21-/m1/s1. The van der Waals surface area contributed by atoms with Crippen LogP contribution in [-0.2, 0) is 35.0 Å². The molecule has 0 aliphatic carbocycles. The van der Waals surface area contributed by atoms with Crippen molar-refractivity contribution < 1.29 is 28.6 Å². The van der Waals surface area contributed by atoms with Gasteiger partial charge in [0.25, 0.3) is 0 Å². The summed E-state index contributed by atoms with van der Waals surface area (Å²) < 4.78 is 15.7. The fraction of sp³-hybridized carbons (Fsp3) is 0.542. The third-order valence-electron chi connectivity index (χ3n) is 5.75. The number of H-pyrrole nitrogens is 1. The maximum Gasteiger partial charge on any atom is 0.329 e. The molecule has 1 aliphatic heterocycles. The van der Waals surface area contributed by atoms with Gasteiger partial charge in [0.15, 0.2) is 0 Å². The smallest absolute Gasteiger partial charge is 0.329 e. The van der Waals surface area contributed by atoms with Gasteiger partial charge in [-0.2, -0.15) is 0 Å². The van der Waals surface area contributed by atoms with Gasteiger partial charge in [-0.15, -0.1) is 0 Å². The molecule has 2 aromatic rings. The van der Waals surface area contributed by atoms with E-state index in [9.17, 15) is 14.4 Å². The summed E-state index contributed by atoms with van der Waals surface area (Å²) >= 11 is 0. The van der Waals surface area contributed by atoms with E-state index in [1.807, 2.05) is 30.5 Å². The summed E-state index contributed by atoms with van der Waals surface area (Å²) in [6, 6.07) is 6.00. The van der Waals surface area contributed by atoms with E-state index < -0.39 is 24.0 Å². The zero-order valence-corrected chi connectivity index (χ0v) is 19.6. The van der Waals surface area contributed by atoms with Crippen LogP contribution in [0.5, 0.6) is 0 Å². The van der Waals surface area contributed by atoms with Crippen LogP contribution in [0.25, 0.3) is 10.9 Å². The first-order valence-electron chi connectivity index (χ1n) is 11.7. The van der Waals surface area contributed by atoms with Gasteiger partial charge >= 0.3 is 11.9 Å². The Kier molecular flexibility index (Phi) is 9.87. The van der Waals surface area contributed by atoms with Crippen LogP contribution in [0.15, 0.2) is 30.5 Å². The topological polar surface area (TPSA) is 136 Å². The van der Waals surface area contributed by atoms with E-state index in [0.29, 0.717) is 19.8 Å². The normalized spacial score (nSPS) is 16.1. The second-order valence-electron chi connectivity index (χ2n) is 8.20. The van der Waals surface area contributed by atoms with Gasteiger partial charge in [0, 0.05) is 49.6 Å². The molecule has 1 amide bonds. The van der Waals surface area contributed by atoms with Gasteiger partial charge in [0.1, 0.15) is 18.7 Å². The van der Waals surface area contributed by atoms with Crippen molar-refractivity contribution in [2.75, 3.05) is 46.1 Å². The summed E-state index contributed by atoms with van der Waals surface area (Å²) in [6.07, 6.45) is 2.22. The van der Waals surface area contributed by atoms with E-state index in [-0.39, 0.29) is 38.4 Å². The summed E-state index contributed by atoms with van der Waals surface area (Å²) in [7, 11) is 0. The van der Waals surface area contributed by atoms with Crippen LogP contribution in [0, 0.1) is 0 Å². The molecule has 1 fully saturated rings. The molecular weight excluding hydrogens is 440 g/mol. The SMILES string of the molecule is CCOC(=O)[C@H](N)CCC(=O)N[C@H](Cc1c[nH]c2ccccc12)C(=O)OCCN1CCOCC1. The first-order valence-corrected chi connectivity index (χ1v) is 11.7. The molecule has 34 heavy (non-hydrogen) atoms. The number of rotatable bonds is 12. The number of amides is 1. The number of nitrogens with zero attached hydrogens (tertiary/aromatic N) is 1. The van der Waals surface area contributed by atoms with Crippen LogP contribution in [0.2, 0.25) is 0 Å². The van der Waals surface area contributed by atoms with Crippen LogP contribution in [0.4, 0.5) is 0 Å². The number of nitrogens with two attached hydrogens (primary N) is 1. The maximum absolute atomic E-state index is 12.9. The Bertz CT molecular complexity index is 956. The highest BCUT2D eigenvalue weighted by molar-refractivity contribution is 5.87. The summed E-state index contributed by atoms with van der Waals surface area (Å²) in [6.45, 7) is 5.69. The molecule has 0 bridgehead atoms. The average Bonchev–Trinajstić information content (AvgIpc) is 3.25. The quantitative estimate of drug-likeness (QED) is 0.383. The Morgan fingerprint density at radius 1 is 1.18 bits per heavy atom. The van der Waals surface area contributed by atoms with Crippen LogP contribution in [0.1, 0.15) is 25.3 Å². The van der Waals surface area contributed by atoms with Crippen molar-refractivity contribution in [3.63, 3.8) is 0 Å². The van der Waals surface area contributed by atoms with Gasteiger partial charge in [0.2, 0.25) is 5.91 Å². The number of fused-ring (bicyclic) bond motifs is 1. The van der Waals surface area contributed by atoms with Crippen molar-refractivity contribution in [3.05, 3.63) is 36.0 Å². The van der Waals surface area contributed by atoms with Crippen molar-refractivity contribution in [3.8, 4) is 0 Å². The van der Waals surface area contributed by atoms with Gasteiger partial charge in [-0.05, 0) is 25.0 Å². The zero-order chi connectivity index (χ0) is 24.3. The monoisotopic (exact) mass is 474 g/mol. The number of hydrogen-bond acceptors (Lipinski definition) is 8. The molecule has 2 atom stereocenters. The Labute approximate surface area is 199 Å². The average molecular weight is 475 g/mol. The molecular formula is C24H34N4O6. The van der Waals surface area contributed by atoms with Crippen molar-refractivity contribution in [1.82, 2.24) is 15.2 Å². The van der Waals surface area contributed by atoms with E-state index in [0.717, 1.165) is 29.6 Å². The van der Waals surface area contributed by atoms with E-state index in [1.54, 1.807) is 6.92 Å². The number of para-hydroxylation sites is 1. The fourth-order valence-electron chi connectivity index (χ4n) is 3.83. The molecule has 10 heteroatoms. The van der Waals surface area contributed by atoms with E-state index in [4.69, 9.17) is 19.9 Å². The molecule has 4 N–H and O–H groups in total. The van der Waals surface area contributed by atoms with E-state index in [1.165, 1.54) is 0 Å². The van der Waals surface area contributed by atoms with E-state index >= 15 is 0 Å². The lowest BCUT2D eigenvalue weighted by atomic mass is 10.0. The minimum atomic E-state index is -0.891. The minimum absolute atomic E-state index is 0.00851. The number of ether oxygens (including phenoxy) is 3. The van der Waals surface area contributed by atoms with Crippen molar-refractivity contribution in [1.29, 1.82) is 0 Å². The van der Waals surface area contributed by atoms with Crippen LogP contribution < -0.4 is 11.1 Å². The van der Waals surface area contributed by atoms with Gasteiger partial charge in [-0.1, -0.05) is 18.2 Å². The number of hydrogen-bond donors (Lipinski definition) is 3. The van der Waals surface area contributed by atoms with Crippen molar-refractivity contribution in [2.24, 2.45) is 5.73 Å². The van der Waals surface area contributed by atoms with Crippen LogP contribution in [-0.4, -0.2) is 85.9 Å². The van der Waals surface area contributed by atoms with Gasteiger partial charge in [0.05, 0.1) is 19.8 Å². The lowest BCUT2D eigenvalue weighted by Crippen LogP contribution is -2.45. The molecule has 0 saturated carbocycles. The zero-order valence-electron chi connectivity index (χ0n) is 19.6. The molecule has 1 saturated heterocycles. The van der Waals surface area contributed by atoms with Crippen LogP contribution in [0.3, 0.4) is 0 Å². The van der Waals surface area contributed by atoms with Gasteiger partial charge < -0.3 is 30.2 Å². The van der Waals surface area contributed by atoms with E-state index in [2.05, 4.69) is 15.2 Å². The third-order valence-corrected chi connectivity index (χ3v) is 5.75. The molecule has 1 aromatic heterocycles. The maximum atomic E-state index is 12.9. The number of nitrogens with one attached hydrogen (secondary N) is 2. The third kappa shape index (κ3) is 7.54. The molecule has 0 radical (unpaired) electrons. The summed E-state index contributed by atoms with van der Waals surface area (Å²) in [5, 5.41) is 3.74. The number of benzene rings is 1. The highest BCUT2D eigenvalue weighted by Gasteiger charge is 2.25. The summed E-state index contributed by atoms with van der Waals surface area (Å²) in [5.74, 6) is -1.43. The van der Waals surface area contributed by atoms with Crippen molar-refractivity contribution in [2.45, 2.75) is 38.3 Å². The molecule has 3 rings (SSSR count). The minimum Gasteiger partial charge on any atom is -0.465 e. The lowest BCUT2D eigenvalue weighted by Gasteiger charge is -2.26. The number of morpholine rings is 1. The van der Waals surface area contributed by atoms with Gasteiger partial charge in [-0.25, -0.2) is 4.79 Å². The number of esters is 2. The number of aromatic amines is 1. The molecule has 1 aliphatic rings. The highest BCUT2D eigenvalue weighted by Crippen LogP contribution is 2.19. The number of carbonyl (C=O) groups excluding carboxylic acids is 3. The Morgan fingerprint density at radius 2 is 1.94 bits per heavy atom. The fourth-order valence-corrected chi connectivity index (χ4v) is 3.83. The Hall–Kier alpha value is -2.95. The molecule has 0 spiro atoms. The Balaban J connectivity index is 1.60. The molecule has 0 unspecified atom stereocenters. The predicted molar refractivity (Wildman–Crippen MR) is 126 cm³/mol. The molecule has 186 valence electrons. The second kappa shape index (κ2) is 13.1. The largest absolute Gasteiger partial charge is 0.465 e. The number of aromatic nitrogens is 1. The second-order valence-corrected chi connectivity index (χ2v) is 8.20. The first kappa shape index (κ1) is 25.7.